The van der Waals surface area contributed by atoms with Crippen molar-refractivity contribution >= 4 is 18.2 Å². The molecule has 0 spiro atoms. The van der Waals surface area contributed by atoms with Crippen LogP contribution in [0.2, 0.25) is 0 Å². The van der Waals surface area contributed by atoms with Crippen LogP contribution >= 0.6 is 0 Å². The fraction of sp³-hybridized carbons (Fsp3) is 0.483. The second-order valence-electron chi connectivity index (χ2n) is 9.49. The van der Waals surface area contributed by atoms with Gasteiger partial charge in [-0.3, -0.25) is 14.4 Å². The van der Waals surface area contributed by atoms with Crippen molar-refractivity contribution in [2.24, 2.45) is 17.6 Å². The van der Waals surface area contributed by atoms with Crippen molar-refractivity contribution in [2.45, 2.75) is 66.3 Å². The Hall–Kier alpha value is -3.35. The number of amides is 3. The van der Waals surface area contributed by atoms with Gasteiger partial charge in [-0.15, -0.1) is 0 Å². The van der Waals surface area contributed by atoms with Gasteiger partial charge in [0.25, 0.3) is 0 Å². The van der Waals surface area contributed by atoms with E-state index in [1.807, 2.05) is 54.6 Å². The fourth-order valence-corrected chi connectivity index (χ4v) is 3.87. The first-order valence-electron chi connectivity index (χ1n) is 12.8. The van der Waals surface area contributed by atoms with Crippen LogP contribution in [0, 0.1) is 11.8 Å². The van der Waals surface area contributed by atoms with Crippen LogP contribution in [0.4, 0.5) is 0 Å². The van der Waals surface area contributed by atoms with Gasteiger partial charge in [-0.1, -0.05) is 70.9 Å². The summed E-state index contributed by atoms with van der Waals surface area (Å²) in [5, 5.41) is 2.45. The van der Waals surface area contributed by atoms with E-state index >= 15 is 0 Å². The zero-order valence-corrected chi connectivity index (χ0v) is 22.2. The second-order valence-corrected chi connectivity index (χ2v) is 9.49. The number of primary amides is 1. The maximum atomic E-state index is 12.3. The summed E-state index contributed by atoms with van der Waals surface area (Å²) in [7, 11) is 0. The van der Waals surface area contributed by atoms with Crippen molar-refractivity contribution in [2.75, 3.05) is 13.1 Å². The third kappa shape index (κ3) is 14.1. The third-order valence-electron chi connectivity index (χ3n) is 5.40. The van der Waals surface area contributed by atoms with Crippen LogP contribution in [0.5, 0.6) is 11.5 Å². The lowest BCUT2D eigenvalue weighted by molar-refractivity contribution is -0.132. The van der Waals surface area contributed by atoms with Crippen molar-refractivity contribution in [3.8, 4) is 11.5 Å². The lowest BCUT2D eigenvalue weighted by atomic mass is 9.96. The second kappa shape index (κ2) is 18.0. The maximum absolute atomic E-state index is 12.3. The highest BCUT2D eigenvalue weighted by Gasteiger charge is 2.14. The molecule has 1 atom stereocenters. The van der Waals surface area contributed by atoms with Gasteiger partial charge >= 0.3 is 0 Å². The van der Waals surface area contributed by atoms with E-state index in [-0.39, 0.29) is 18.4 Å². The largest absolute Gasteiger partial charge is 0.457 e. The Morgan fingerprint density at radius 3 is 2.33 bits per heavy atom. The molecule has 3 amide bonds. The molecule has 7 heteroatoms. The van der Waals surface area contributed by atoms with E-state index in [0.29, 0.717) is 37.8 Å². The number of benzene rings is 2. The Morgan fingerprint density at radius 1 is 1.03 bits per heavy atom. The number of nitrogens with one attached hydrogen (secondary N) is 1. The minimum absolute atomic E-state index is 0.0236. The number of carbonyl (C=O) groups is 3. The van der Waals surface area contributed by atoms with Crippen molar-refractivity contribution in [1.82, 2.24) is 10.2 Å². The highest BCUT2D eigenvalue weighted by atomic mass is 16.5. The Labute approximate surface area is 216 Å². The Morgan fingerprint density at radius 2 is 1.72 bits per heavy atom. The van der Waals surface area contributed by atoms with Gasteiger partial charge in [0.2, 0.25) is 18.2 Å². The molecule has 0 aromatic heterocycles. The normalized spacial score (nSPS) is 11.1. The average Bonchev–Trinajstić information content (AvgIpc) is 2.82. The molecule has 0 fully saturated rings. The fourth-order valence-electron chi connectivity index (χ4n) is 3.87. The lowest BCUT2D eigenvalue weighted by Crippen LogP contribution is -2.38. The van der Waals surface area contributed by atoms with Crippen LogP contribution in [0.25, 0.3) is 0 Å². The highest BCUT2D eigenvalue weighted by Crippen LogP contribution is 2.22. The number of hydrogen-bond donors (Lipinski definition) is 2. The summed E-state index contributed by atoms with van der Waals surface area (Å²) in [5.41, 5.74) is 6.02. The predicted molar refractivity (Wildman–Crippen MR) is 144 cm³/mol. The van der Waals surface area contributed by atoms with E-state index in [1.165, 1.54) is 0 Å². The molecule has 2 aromatic rings. The van der Waals surface area contributed by atoms with E-state index in [1.54, 1.807) is 4.90 Å². The van der Waals surface area contributed by atoms with Gasteiger partial charge in [-0.2, -0.15) is 0 Å². The molecular weight excluding hydrogens is 454 g/mol. The van der Waals surface area contributed by atoms with Crippen molar-refractivity contribution in [3.05, 3.63) is 60.2 Å². The molecule has 0 saturated carbocycles. The Bertz CT molecular complexity index is 902. The highest BCUT2D eigenvalue weighted by molar-refractivity contribution is 5.80. The summed E-state index contributed by atoms with van der Waals surface area (Å²) < 4.78 is 5.86. The lowest BCUT2D eigenvalue weighted by Gasteiger charge is -2.23. The molecule has 0 aliphatic heterocycles. The van der Waals surface area contributed by atoms with Gasteiger partial charge in [0.1, 0.15) is 11.5 Å². The molecule has 0 bridgehead atoms. The molecule has 0 aliphatic rings. The first kappa shape index (κ1) is 30.7. The number of rotatable bonds is 15. The standard InChI is InChI=1S/C21H26N2O3.C8H17NO/c1-2-3-7-13-23(21(25)15-22-17-24)16-18-9-8-12-20(14-18)26-19-10-5-4-6-11-19;1-6(2)4-7(3)5-8(9)10/h4-6,8-12,14,17H,2-3,7,13,15-16H2,1H3,(H,22,24);6-7H,4-5H2,1-3H3,(H2,9,10). The van der Waals surface area contributed by atoms with Crippen LogP contribution in [0.15, 0.2) is 54.6 Å². The number of para-hydroxylation sites is 1. The molecular formula is C29H43N3O4. The third-order valence-corrected chi connectivity index (χ3v) is 5.40. The van der Waals surface area contributed by atoms with E-state index in [0.717, 1.165) is 42.7 Å². The zero-order valence-electron chi connectivity index (χ0n) is 22.2. The van der Waals surface area contributed by atoms with Gasteiger partial charge in [0.05, 0.1) is 6.54 Å². The summed E-state index contributed by atoms with van der Waals surface area (Å²) >= 11 is 0. The van der Waals surface area contributed by atoms with Crippen LogP contribution < -0.4 is 15.8 Å². The van der Waals surface area contributed by atoms with E-state index in [9.17, 15) is 14.4 Å². The summed E-state index contributed by atoms with van der Waals surface area (Å²) in [6.45, 7) is 9.69. The summed E-state index contributed by atoms with van der Waals surface area (Å²) in [6, 6.07) is 17.3. The van der Waals surface area contributed by atoms with E-state index in [2.05, 4.69) is 33.0 Å². The smallest absolute Gasteiger partial charge is 0.242 e. The predicted octanol–water partition coefficient (Wildman–Crippen LogP) is 5.29. The molecule has 0 saturated heterocycles. The van der Waals surface area contributed by atoms with E-state index in [4.69, 9.17) is 10.5 Å². The minimum Gasteiger partial charge on any atom is -0.457 e. The van der Waals surface area contributed by atoms with Crippen molar-refractivity contribution < 1.29 is 19.1 Å². The SMILES string of the molecule is CC(C)CC(C)CC(N)=O.CCCCCN(Cc1cccc(Oc2ccccc2)c1)C(=O)CNC=O. The Balaban J connectivity index is 0.000000548. The zero-order chi connectivity index (χ0) is 26.8. The maximum Gasteiger partial charge on any atom is 0.242 e. The molecule has 0 heterocycles. The molecule has 36 heavy (non-hydrogen) atoms. The average molecular weight is 498 g/mol. The summed E-state index contributed by atoms with van der Waals surface area (Å²) in [6.07, 6.45) is 5.28. The molecule has 198 valence electrons. The molecule has 7 nitrogen and oxygen atoms in total. The minimum atomic E-state index is -0.187. The van der Waals surface area contributed by atoms with Gasteiger partial charge in [-0.25, -0.2) is 0 Å². The molecule has 0 radical (unpaired) electrons. The molecule has 2 aromatic carbocycles. The molecule has 0 aliphatic carbocycles. The van der Waals surface area contributed by atoms with Crippen molar-refractivity contribution in [3.63, 3.8) is 0 Å². The quantitative estimate of drug-likeness (QED) is 0.258. The van der Waals surface area contributed by atoms with Crippen LogP contribution in [-0.2, 0) is 20.9 Å². The number of nitrogens with two attached hydrogens (primary N) is 1. The molecule has 2 rings (SSSR count). The van der Waals surface area contributed by atoms with E-state index < -0.39 is 0 Å². The monoisotopic (exact) mass is 497 g/mol. The first-order chi connectivity index (χ1) is 17.2. The number of hydrogen-bond acceptors (Lipinski definition) is 4. The summed E-state index contributed by atoms with van der Waals surface area (Å²) in [5.74, 6) is 2.35. The van der Waals surface area contributed by atoms with Crippen LogP contribution in [-0.4, -0.2) is 36.2 Å². The number of nitrogens with zero attached hydrogens (tertiary/aromatic N) is 1. The first-order valence-corrected chi connectivity index (χ1v) is 12.8. The van der Waals surface area contributed by atoms with Crippen LogP contribution in [0.3, 0.4) is 0 Å². The van der Waals surface area contributed by atoms with Crippen LogP contribution in [0.1, 0.15) is 65.4 Å². The molecule has 3 N–H and O–H groups in total. The summed E-state index contributed by atoms with van der Waals surface area (Å²) in [4.78, 5) is 35.0. The number of unbranched alkanes of at least 4 members (excludes halogenated alkanes) is 2. The van der Waals surface area contributed by atoms with Gasteiger partial charge < -0.3 is 20.7 Å². The topological polar surface area (TPSA) is 102 Å². The number of carbonyl (C=O) groups excluding carboxylic acids is 3. The van der Waals surface area contributed by atoms with Gasteiger partial charge in [0.15, 0.2) is 0 Å². The van der Waals surface area contributed by atoms with Gasteiger partial charge in [0, 0.05) is 19.5 Å². The molecule has 1 unspecified atom stereocenters. The van der Waals surface area contributed by atoms with Gasteiger partial charge in [-0.05, 0) is 54.5 Å². The van der Waals surface area contributed by atoms with Crippen molar-refractivity contribution in [1.29, 1.82) is 0 Å². The number of ether oxygens (including phenoxy) is 1. The Kier molecular flexibility index (Phi) is 15.3.